The van der Waals surface area contributed by atoms with Crippen molar-refractivity contribution in [3.05, 3.63) is 101 Å². The van der Waals surface area contributed by atoms with Gasteiger partial charge in [0.05, 0.1) is 0 Å². The van der Waals surface area contributed by atoms with Crippen molar-refractivity contribution in [2.45, 2.75) is 70.6 Å². The van der Waals surface area contributed by atoms with Gasteiger partial charge in [-0.15, -0.1) is 0 Å². The zero-order valence-electron chi connectivity index (χ0n) is 23.9. The molecule has 6 nitrogen and oxygen atoms in total. The van der Waals surface area contributed by atoms with Crippen LogP contribution in [0.15, 0.2) is 78.9 Å². The van der Waals surface area contributed by atoms with E-state index in [9.17, 15) is 14.4 Å². The first-order valence-electron chi connectivity index (χ1n) is 14.1. The summed E-state index contributed by atoms with van der Waals surface area (Å²) < 4.78 is 5.86. The lowest BCUT2D eigenvalue weighted by Gasteiger charge is -2.39. The summed E-state index contributed by atoms with van der Waals surface area (Å²) >= 11 is 0. The number of ether oxygens (including phenoxy) is 1. The van der Waals surface area contributed by atoms with Crippen LogP contribution in [0, 0.1) is 6.92 Å². The minimum Gasteiger partial charge on any atom is -0.444 e. The number of hydrogen-bond donors (Lipinski definition) is 0. The third kappa shape index (κ3) is 5.40. The highest BCUT2D eigenvalue weighted by Gasteiger charge is 2.58. The number of carbonyl (C=O) groups is 3. The standard InChI is InChI=1S/C34H38N2O4/c1-24-15-16-28-27(23-24)34(19-17-29(37)25-11-7-5-8-12-25)20-22-36(32(39)40-33(2,3)4)31(34)35(28)21-18-30(38)26-13-9-6-10-14-26/h5-16,23,31H,17-22H2,1-4H3/t31-,34-/m1/s1. The molecule has 2 aliphatic heterocycles. The van der Waals surface area contributed by atoms with Crippen LogP contribution in [0.2, 0.25) is 0 Å². The lowest BCUT2D eigenvalue weighted by molar-refractivity contribution is 0.0199. The number of Topliss-reactive ketones (excluding diaryl/α,β-unsaturated/α-hetero) is 2. The summed E-state index contributed by atoms with van der Waals surface area (Å²) in [6.07, 6.45) is 1.30. The van der Waals surface area contributed by atoms with Gasteiger partial charge >= 0.3 is 6.09 Å². The molecule has 2 aliphatic rings. The van der Waals surface area contributed by atoms with E-state index in [0.717, 1.165) is 23.2 Å². The van der Waals surface area contributed by atoms with Crippen molar-refractivity contribution in [3.63, 3.8) is 0 Å². The third-order valence-corrected chi connectivity index (χ3v) is 8.08. The Kier molecular flexibility index (Phi) is 7.54. The smallest absolute Gasteiger partial charge is 0.411 e. The Morgan fingerprint density at radius 1 is 0.875 bits per heavy atom. The van der Waals surface area contributed by atoms with Crippen molar-refractivity contribution in [1.29, 1.82) is 0 Å². The van der Waals surface area contributed by atoms with Gasteiger partial charge in [0, 0.05) is 48.2 Å². The van der Waals surface area contributed by atoms with Gasteiger partial charge in [-0.2, -0.15) is 0 Å². The van der Waals surface area contributed by atoms with Gasteiger partial charge in [-0.1, -0.05) is 78.4 Å². The first-order chi connectivity index (χ1) is 19.1. The predicted octanol–water partition coefficient (Wildman–Crippen LogP) is 6.96. The molecule has 208 valence electrons. The Bertz CT molecular complexity index is 1400. The van der Waals surface area contributed by atoms with Gasteiger partial charge in [0.25, 0.3) is 0 Å². The number of aryl methyl sites for hydroxylation is 1. The topological polar surface area (TPSA) is 66.9 Å². The highest BCUT2D eigenvalue weighted by Crippen LogP contribution is 2.55. The normalized spacial score (nSPS) is 19.8. The van der Waals surface area contributed by atoms with Gasteiger partial charge in [-0.3, -0.25) is 14.5 Å². The molecule has 0 spiro atoms. The summed E-state index contributed by atoms with van der Waals surface area (Å²) in [5.74, 6) is 0.157. The molecule has 0 saturated carbocycles. The number of rotatable bonds is 8. The van der Waals surface area contributed by atoms with Crippen molar-refractivity contribution in [1.82, 2.24) is 4.90 Å². The fourth-order valence-electron chi connectivity index (χ4n) is 6.28. The van der Waals surface area contributed by atoms with E-state index in [1.807, 2.05) is 86.3 Å². The molecule has 0 bridgehead atoms. The van der Waals surface area contributed by atoms with E-state index in [1.54, 1.807) is 0 Å². The average Bonchev–Trinajstić information content (AvgIpc) is 3.43. The number of likely N-dealkylation sites (tertiary alicyclic amines) is 1. The largest absolute Gasteiger partial charge is 0.444 e. The number of anilines is 1. The van der Waals surface area contributed by atoms with E-state index < -0.39 is 11.0 Å². The number of ketones is 2. The molecule has 3 aromatic rings. The Labute approximate surface area is 236 Å². The molecule has 3 aromatic carbocycles. The molecule has 1 fully saturated rings. The monoisotopic (exact) mass is 538 g/mol. The van der Waals surface area contributed by atoms with Crippen LogP contribution in [-0.4, -0.2) is 47.4 Å². The molecule has 2 atom stereocenters. The average molecular weight is 539 g/mol. The quantitative estimate of drug-likeness (QED) is 0.290. The summed E-state index contributed by atoms with van der Waals surface area (Å²) in [5.41, 5.74) is 3.60. The molecule has 5 rings (SSSR count). The molecule has 0 aliphatic carbocycles. The zero-order chi connectivity index (χ0) is 28.5. The van der Waals surface area contributed by atoms with Gasteiger partial charge < -0.3 is 9.64 Å². The van der Waals surface area contributed by atoms with Crippen LogP contribution >= 0.6 is 0 Å². The van der Waals surface area contributed by atoms with Crippen molar-refractivity contribution >= 4 is 23.3 Å². The van der Waals surface area contributed by atoms with Gasteiger partial charge in [0.15, 0.2) is 11.6 Å². The molecule has 6 heteroatoms. The van der Waals surface area contributed by atoms with Crippen molar-refractivity contribution in [2.24, 2.45) is 0 Å². The number of carbonyl (C=O) groups excluding carboxylic acids is 3. The highest BCUT2D eigenvalue weighted by molar-refractivity contribution is 5.97. The third-order valence-electron chi connectivity index (χ3n) is 8.08. The van der Waals surface area contributed by atoms with Crippen LogP contribution in [0.3, 0.4) is 0 Å². The highest BCUT2D eigenvalue weighted by atomic mass is 16.6. The van der Waals surface area contributed by atoms with E-state index in [2.05, 4.69) is 30.0 Å². The molecule has 2 heterocycles. The SMILES string of the molecule is Cc1ccc2c(c1)[C@@]1(CCC(=O)c3ccccc3)CCN(C(=O)OC(C)(C)C)[C@H]1N2CCC(=O)c1ccccc1. The summed E-state index contributed by atoms with van der Waals surface area (Å²) in [6, 6.07) is 25.1. The van der Waals surface area contributed by atoms with Gasteiger partial charge in [-0.05, 0) is 52.2 Å². The molecule has 0 N–H and O–H groups in total. The molecule has 1 saturated heterocycles. The Morgan fingerprint density at radius 2 is 1.48 bits per heavy atom. The first-order valence-corrected chi connectivity index (χ1v) is 14.1. The Morgan fingerprint density at radius 3 is 2.08 bits per heavy atom. The number of hydrogen-bond acceptors (Lipinski definition) is 5. The summed E-state index contributed by atoms with van der Waals surface area (Å²) in [6.45, 7) is 8.67. The summed E-state index contributed by atoms with van der Waals surface area (Å²) in [4.78, 5) is 44.0. The Hall–Kier alpha value is -3.93. The van der Waals surface area contributed by atoms with Crippen LogP contribution < -0.4 is 4.90 Å². The molecule has 40 heavy (non-hydrogen) atoms. The number of fused-ring (bicyclic) bond motifs is 3. The molecule has 0 unspecified atom stereocenters. The van der Waals surface area contributed by atoms with Crippen LogP contribution in [0.25, 0.3) is 0 Å². The maximum Gasteiger partial charge on any atom is 0.411 e. The molecule has 0 radical (unpaired) electrons. The van der Waals surface area contributed by atoms with E-state index in [0.29, 0.717) is 43.5 Å². The van der Waals surface area contributed by atoms with Crippen LogP contribution in [-0.2, 0) is 10.2 Å². The fourth-order valence-corrected chi connectivity index (χ4v) is 6.28. The van der Waals surface area contributed by atoms with Crippen molar-refractivity contribution < 1.29 is 19.1 Å². The van der Waals surface area contributed by atoms with Gasteiger partial charge in [0.1, 0.15) is 11.8 Å². The van der Waals surface area contributed by atoms with Crippen LogP contribution in [0.4, 0.5) is 10.5 Å². The predicted molar refractivity (Wildman–Crippen MR) is 157 cm³/mol. The van der Waals surface area contributed by atoms with Crippen molar-refractivity contribution in [3.8, 4) is 0 Å². The number of benzene rings is 3. The Balaban J connectivity index is 1.50. The molecular weight excluding hydrogens is 500 g/mol. The van der Waals surface area contributed by atoms with Crippen LogP contribution in [0.1, 0.15) is 78.3 Å². The fraction of sp³-hybridized carbons (Fsp3) is 0.382. The van der Waals surface area contributed by atoms with Gasteiger partial charge in [-0.25, -0.2) is 4.79 Å². The molecular formula is C34H38N2O4. The molecule has 0 aromatic heterocycles. The van der Waals surface area contributed by atoms with Crippen molar-refractivity contribution in [2.75, 3.05) is 18.0 Å². The molecule has 1 amide bonds. The summed E-state index contributed by atoms with van der Waals surface area (Å²) in [5, 5.41) is 0. The number of amides is 1. The second-order valence-electron chi connectivity index (χ2n) is 12.0. The minimum absolute atomic E-state index is 0.0628. The maximum atomic E-state index is 13.6. The summed E-state index contributed by atoms with van der Waals surface area (Å²) in [7, 11) is 0. The maximum absolute atomic E-state index is 13.6. The van der Waals surface area contributed by atoms with E-state index >= 15 is 0 Å². The number of nitrogens with zero attached hydrogens (tertiary/aromatic N) is 2. The zero-order valence-corrected chi connectivity index (χ0v) is 23.9. The minimum atomic E-state index is -0.637. The van der Waals surface area contributed by atoms with E-state index in [1.165, 1.54) is 0 Å². The van der Waals surface area contributed by atoms with Gasteiger partial charge in [0.2, 0.25) is 0 Å². The first kappa shape index (κ1) is 27.6. The lowest BCUT2D eigenvalue weighted by Crippen LogP contribution is -2.53. The van der Waals surface area contributed by atoms with Crippen LogP contribution in [0.5, 0.6) is 0 Å². The van der Waals surface area contributed by atoms with E-state index in [-0.39, 0.29) is 23.8 Å². The second-order valence-corrected chi connectivity index (χ2v) is 12.0. The van der Waals surface area contributed by atoms with E-state index in [4.69, 9.17) is 4.74 Å². The second kappa shape index (κ2) is 10.9. The lowest BCUT2D eigenvalue weighted by atomic mass is 9.74.